The average Bonchev–Trinajstić information content (AvgIpc) is 2.17. The zero-order valence-electron chi connectivity index (χ0n) is 10.3. The molecule has 0 heterocycles. The molecule has 0 saturated heterocycles. The molecule has 0 fully saturated rings. The van der Waals surface area contributed by atoms with E-state index in [1.165, 1.54) is 0 Å². The van der Waals surface area contributed by atoms with Gasteiger partial charge in [0, 0.05) is 5.71 Å². The van der Waals surface area contributed by atoms with Gasteiger partial charge in [-0.15, -0.1) is 0 Å². The van der Waals surface area contributed by atoms with Crippen LogP contribution in [0.25, 0.3) is 0 Å². The minimum Gasteiger partial charge on any atom is -0.258 e. The van der Waals surface area contributed by atoms with Gasteiger partial charge in [0.15, 0.2) is 0 Å². The van der Waals surface area contributed by atoms with E-state index in [9.17, 15) is 0 Å². The molecule has 0 unspecified atom stereocenters. The van der Waals surface area contributed by atoms with Gasteiger partial charge >= 0.3 is 0 Å². The van der Waals surface area contributed by atoms with Crippen molar-refractivity contribution in [3.63, 3.8) is 0 Å². The van der Waals surface area contributed by atoms with Gasteiger partial charge in [-0.25, -0.2) is 0 Å². The Morgan fingerprint density at radius 2 is 1.57 bits per heavy atom. The van der Waals surface area contributed by atoms with Gasteiger partial charge in [-0.05, 0) is 39.8 Å². The van der Waals surface area contributed by atoms with Crippen LogP contribution in [0.1, 0.15) is 41.5 Å². The van der Waals surface area contributed by atoms with Crippen LogP contribution in [0.3, 0.4) is 0 Å². The molecular formula is C13H23N. The van der Waals surface area contributed by atoms with Gasteiger partial charge in [-0.3, -0.25) is 4.99 Å². The van der Waals surface area contributed by atoms with Crippen LogP contribution in [0.15, 0.2) is 41.1 Å². The van der Waals surface area contributed by atoms with Crippen LogP contribution in [0, 0.1) is 0 Å². The molecule has 0 spiro atoms. The molecule has 1 nitrogen and oxygen atoms in total. The number of rotatable bonds is 3. The van der Waals surface area contributed by atoms with E-state index in [2.05, 4.69) is 4.99 Å². The zero-order chi connectivity index (χ0) is 11.4. The first-order chi connectivity index (χ1) is 6.70. The fourth-order valence-electron chi connectivity index (χ4n) is 0.754. The van der Waals surface area contributed by atoms with E-state index in [0.717, 1.165) is 11.4 Å². The molecule has 0 aliphatic carbocycles. The van der Waals surface area contributed by atoms with E-state index in [4.69, 9.17) is 0 Å². The first-order valence-electron chi connectivity index (χ1n) is 5.18. The fourth-order valence-corrected chi connectivity index (χ4v) is 0.754. The lowest BCUT2D eigenvalue weighted by atomic mass is 10.3. The first-order valence-corrected chi connectivity index (χ1v) is 5.18. The van der Waals surface area contributed by atoms with Crippen molar-refractivity contribution in [2.75, 3.05) is 0 Å². The maximum Gasteiger partial charge on any atom is 0.0625 e. The second-order valence-electron chi connectivity index (χ2n) is 2.68. The molecule has 0 aliphatic rings. The summed E-state index contributed by atoms with van der Waals surface area (Å²) in [5, 5.41) is 0. The first kappa shape index (κ1) is 15.4. The van der Waals surface area contributed by atoms with Gasteiger partial charge in [-0.2, -0.15) is 0 Å². The normalized spacial score (nSPS) is 11.4. The van der Waals surface area contributed by atoms with Crippen LogP contribution in [-0.4, -0.2) is 5.71 Å². The zero-order valence-corrected chi connectivity index (χ0v) is 10.3. The lowest BCUT2D eigenvalue weighted by Gasteiger charge is -1.92. The second-order valence-corrected chi connectivity index (χ2v) is 2.68. The Kier molecular flexibility index (Phi) is 13.1. The highest BCUT2D eigenvalue weighted by atomic mass is 14.7. The Morgan fingerprint density at radius 1 is 1.00 bits per heavy atom. The second kappa shape index (κ2) is 11.9. The van der Waals surface area contributed by atoms with Crippen molar-refractivity contribution in [3.05, 3.63) is 36.1 Å². The molecule has 0 radical (unpaired) electrons. The van der Waals surface area contributed by atoms with E-state index >= 15 is 0 Å². The van der Waals surface area contributed by atoms with Crippen molar-refractivity contribution in [2.24, 2.45) is 4.99 Å². The predicted octanol–water partition coefficient (Wildman–Crippen LogP) is 4.53. The number of nitrogens with zero attached hydrogens (tertiary/aromatic N) is 1. The van der Waals surface area contributed by atoms with E-state index in [0.29, 0.717) is 0 Å². The Morgan fingerprint density at radius 3 is 1.93 bits per heavy atom. The van der Waals surface area contributed by atoms with Crippen LogP contribution in [0.4, 0.5) is 0 Å². The molecule has 0 amide bonds. The third-order valence-electron chi connectivity index (χ3n) is 1.15. The fraction of sp³-hybridized carbons (Fsp3) is 0.462. The third kappa shape index (κ3) is 10.9. The molecule has 0 bridgehead atoms. The minimum absolute atomic E-state index is 0.996. The van der Waals surface area contributed by atoms with E-state index < -0.39 is 0 Å². The number of aliphatic imine (C=N–C) groups is 1. The van der Waals surface area contributed by atoms with E-state index in [-0.39, 0.29) is 0 Å². The van der Waals surface area contributed by atoms with E-state index in [1.54, 1.807) is 0 Å². The topological polar surface area (TPSA) is 12.4 Å². The average molecular weight is 193 g/mol. The van der Waals surface area contributed by atoms with Crippen LogP contribution >= 0.6 is 0 Å². The molecule has 80 valence electrons. The standard InChI is InChI=1S/C11H17N.C2H6/c1-5-7-9-11(8-6-2)12-10(3)4;1-2/h5-9H,1-4H3;1-2H3/b7-5-,8-6-,11-9+;. The number of allylic oxidation sites excluding steroid dienone is 5. The Labute approximate surface area is 89.0 Å². The van der Waals surface area contributed by atoms with Crippen molar-refractivity contribution in [3.8, 4) is 0 Å². The van der Waals surface area contributed by atoms with Gasteiger partial charge in [0.2, 0.25) is 0 Å². The quantitative estimate of drug-likeness (QED) is 0.461. The summed E-state index contributed by atoms with van der Waals surface area (Å²) >= 11 is 0. The highest BCUT2D eigenvalue weighted by Gasteiger charge is 1.84. The highest BCUT2D eigenvalue weighted by Crippen LogP contribution is 2.00. The lowest BCUT2D eigenvalue weighted by molar-refractivity contribution is 1.37. The van der Waals surface area contributed by atoms with Crippen molar-refractivity contribution in [2.45, 2.75) is 41.5 Å². The van der Waals surface area contributed by atoms with Crippen molar-refractivity contribution >= 4 is 5.71 Å². The van der Waals surface area contributed by atoms with E-state index in [1.807, 2.05) is 71.9 Å². The smallest absolute Gasteiger partial charge is 0.0625 e. The van der Waals surface area contributed by atoms with Crippen LogP contribution in [-0.2, 0) is 0 Å². The monoisotopic (exact) mass is 193 g/mol. The van der Waals surface area contributed by atoms with Crippen LogP contribution in [0.2, 0.25) is 0 Å². The Bertz CT molecular complexity index is 226. The van der Waals surface area contributed by atoms with Gasteiger partial charge in [0.1, 0.15) is 0 Å². The summed E-state index contributed by atoms with van der Waals surface area (Å²) < 4.78 is 0. The van der Waals surface area contributed by atoms with Crippen molar-refractivity contribution < 1.29 is 0 Å². The number of hydrogen-bond donors (Lipinski definition) is 0. The van der Waals surface area contributed by atoms with Gasteiger partial charge < -0.3 is 0 Å². The molecule has 0 atom stereocenters. The predicted molar refractivity (Wildman–Crippen MR) is 67.8 cm³/mol. The SMILES string of the molecule is CC.C\C=C/C=C(\C=C/C)N=C(C)C. The largest absolute Gasteiger partial charge is 0.258 e. The molecule has 0 saturated carbocycles. The molecular weight excluding hydrogens is 170 g/mol. The number of hydrogen-bond acceptors (Lipinski definition) is 1. The van der Waals surface area contributed by atoms with Gasteiger partial charge in [-0.1, -0.05) is 32.1 Å². The maximum absolute atomic E-state index is 4.34. The molecule has 14 heavy (non-hydrogen) atoms. The molecule has 0 aromatic rings. The molecule has 1 heteroatoms. The molecule has 0 aromatic heterocycles. The Balaban J connectivity index is 0. The molecule has 0 rings (SSSR count). The summed E-state index contributed by atoms with van der Waals surface area (Å²) in [6.07, 6.45) is 9.95. The lowest BCUT2D eigenvalue weighted by Crippen LogP contribution is -1.81. The molecule has 0 aromatic carbocycles. The molecule has 0 N–H and O–H groups in total. The summed E-state index contributed by atoms with van der Waals surface area (Å²) in [7, 11) is 0. The molecule has 0 aliphatic heterocycles. The van der Waals surface area contributed by atoms with Crippen LogP contribution < -0.4 is 0 Å². The van der Waals surface area contributed by atoms with Crippen molar-refractivity contribution in [1.29, 1.82) is 0 Å². The maximum atomic E-state index is 4.34. The van der Waals surface area contributed by atoms with Gasteiger partial charge in [0.05, 0.1) is 5.70 Å². The summed E-state index contributed by atoms with van der Waals surface area (Å²) in [5.74, 6) is 0. The summed E-state index contributed by atoms with van der Waals surface area (Å²) in [5.41, 5.74) is 2.07. The highest BCUT2D eigenvalue weighted by molar-refractivity contribution is 5.80. The summed E-state index contributed by atoms with van der Waals surface area (Å²) in [6, 6.07) is 0. The summed E-state index contributed by atoms with van der Waals surface area (Å²) in [6.45, 7) is 12.0. The summed E-state index contributed by atoms with van der Waals surface area (Å²) in [4.78, 5) is 4.34. The van der Waals surface area contributed by atoms with Gasteiger partial charge in [0.25, 0.3) is 0 Å². The minimum atomic E-state index is 0.996. The third-order valence-corrected chi connectivity index (χ3v) is 1.15. The van der Waals surface area contributed by atoms with Crippen molar-refractivity contribution in [1.82, 2.24) is 0 Å². The van der Waals surface area contributed by atoms with Crippen LogP contribution in [0.5, 0.6) is 0 Å². The Hall–Kier alpha value is -1.11.